The Morgan fingerprint density at radius 3 is 2.75 bits per heavy atom. The Morgan fingerprint density at radius 2 is 2.17 bits per heavy atom. The molecule has 0 spiro atoms. The molecule has 0 radical (unpaired) electrons. The molecule has 3 atom stereocenters. The minimum Gasteiger partial charge on any atom is -0.373 e. The first kappa shape index (κ1) is 8.06. The molecule has 1 heterocycles. The average molecular weight is 164 g/mol. The van der Waals surface area contributed by atoms with Crippen molar-refractivity contribution in [1.82, 2.24) is 0 Å². The third-order valence-electron chi connectivity index (χ3n) is 2.79. The van der Waals surface area contributed by atoms with Gasteiger partial charge in [-0.3, -0.25) is 0 Å². The molecule has 1 saturated heterocycles. The lowest BCUT2D eigenvalue weighted by atomic mass is 9.87. The van der Waals surface area contributed by atoms with Crippen LogP contribution in [-0.4, -0.2) is 12.7 Å². The van der Waals surface area contributed by atoms with Gasteiger partial charge in [0.05, 0.1) is 12.7 Å². The topological polar surface area (TPSA) is 12.5 Å². The molecule has 0 saturated carbocycles. The molecule has 1 nitrogen and oxygen atoms in total. The van der Waals surface area contributed by atoms with Crippen molar-refractivity contribution >= 4 is 0 Å². The Labute approximate surface area is 74.1 Å². The van der Waals surface area contributed by atoms with Crippen LogP contribution in [0.1, 0.15) is 20.3 Å². The summed E-state index contributed by atoms with van der Waals surface area (Å²) in [5.74, 6) is 1.40. The number of hydrogen-bond acceptors (Lipinski definition) is 1. The van der Waals surface area contributed by atoms with Crippen LogP contribution in [0, 0.1) is 11.8 Å². The molecule has 1 aliphatic carbocycles. The van der Waals surface area contributed by atoms with Crippen LogP contribution in [0.25, 0.3) is 0 Å². The highest BCUT2D eigenvalue weighted by Gasteiger charge is 2.24. The first-order valence-electron chi connectivity index (χ1n) is 4.76. The van der Waals surface area contributed by atoms with Crippen LogP contribution in [0.15, 0.2) is 23.8 Å². The molecule has 0 aromatic rings. The van der Waals surface area contributed by atoms with Gasteiger partial charge < -0.3 is 4.74 Å². The third-order valence-corrected chi connectivity index (χ3v) is 2.79. The van der Waals surface area contributed by atoms with Crippen molar-refractivity contribution in [2.24, 2.45) is 11.8 Å². The highest BCUT2D eigenvalue weighted by molar-refractivity contribution is 5.26. The van der Waals surface area contributed by atoms with Gasteiger partial charge in [0.15, 0.2) is 0 Å². The lowest BCUT2D eigenvalue weighted by Gasteiger charge is -2.18. The molecule has 12 heavy (non-hydrogen) atoms. The molecule has 1 heteroatoms. The molecule has 0 amide bonds. The summed E-state index contributed by atoms with van der Waals surface area (Å²) in [6.07, 6.45) is 8.59. The van der Waals surface area contributed by atoms with Gasteiger partial charge in [0.1, 0.15) is 0 Å². The molecule has 1 aliphatic heterocycles. The van der Waals surface area contributed by atoms with E-state index in [1.54, 1.807) is 0 Å². The molecule has 0 aromatic heterocycles. The number of allylic oxidation sites excluding steroid dienone is 3. The molecule has 66 valence electrons. The maximum Gasteiger partial charge on any atom is 0.0850 e. The van der Waals surface area contributed by atoms with Gasteiger partial charge in [-0.2, -0.15) is 0 Å². The molecule has 0 N–H and O–H groups in total. The average Bonchev–Trinajstić information content (AvgIpc) is 2.81. The van der Waals surface area contributed by atoms with Gasteiger partial charge in [-0.05, 0) is 17.4 Å². The molecule has 0 aromatic carbocycles. The zero-order valence-corrected chi connectivity index (χ0v) is 7.79. The van der Waals surface area contributed by atoms with E-state index in [0.29, 0.717) is 17.9 Å². The normalized spacial score (nSPS) is 39.5. The zero-order chi connectivity index (χ0) is 8.55. The van der Waals surface area contributed by atoms with E-state index in [1.807, 2.05) is 0 Å². The predicted octanol–water partition coefficient (Wildman–Crippen LogP) is 2.54. The van der Waals surface area contributed by atoms with E-state index in [2.05, 4.69) is 32.1 Å². The SMILES string of the molecule is CC1C=CC(CC2CO2)=C[C@H]1C. The molecular formula is C11H16O. The monoisotopic (exact) mass is 164 g/mol. The summed E-state index contributed by atoms with van der Waals surface area (Å²) >= 11 is 0. The number of epoxide rings is 1. The van der Waals surface area contributed by atoms with Crippen molar-refractivity contribution in [1.29, 1.82) is 0 Å². The lowest BCUT2D eigenvalue weighted by Crippen LogP contribution is -2.07. The molecule has 2 rings (SSSR count). The molecule has 1 fully saturated rings. The van der Waals surface area contributed by atoms with Gasteiger partial charge in [-0.15, -0.1) is 0 Å². The van der Waals surface area contributed by atoms with Gasteiger partial charge in [-0.1, -0.05) is 32.1 Å². The van der Waals surface area contributed by atoms with Crippen molar-refractivity contribution in [3.63, 3.8) is 0 Å². The van der Waals surface area contributed by atoms with E-state index in [0.717, 1.165) is 13.0 Å². The first-order chi connectivity index (χ1) is 5.75. The van der Waals surface area contributed by atoms with Crippen molar-refractivity contribution in [3.8, 4) is 0 Å². The van der Waals surface area contributed by atoms with Gasteiger partial charge >= 0.3 is 0 Å². The standard InChI is InChI=1S/C11H16O/c1-8-3-4-10(5-9(8)2)6-11-7-12-11/h3-5,8-9,11H,6-7H2,1-2H3/t8?,9-,11?/m1/s1. The lowest BCUT2D eigenvalue weighted by molar-refractivity contribution is 0.406. The van der Waals surface area contributed by atoms with Gasteiger partial charge in [0, 0.05) is 6.42 Å². The van der Waals surface area contributed by atoms with Crippen molar-refractivity contribution in [2.75, 3.05) is 6.61 Å². The van der Waals surface area contributed by atoms with Crippen molar-refractivity contribution in [3.05, 3.63) is 23.8 Å². The highest BCUT2D eigenvalue weighted by atomic mass is 16.6. The second-order valence-corrected chi connectivity index (χ2v) is 3.98. The van der Waals surface area contributed by atoms with Gasteiger partial charge in [0.2, 0.25) is 0 Å². The molecule has 2 unspecified atom stereocenters. The maximum absolute atomic E-state index is 5.20. The Bertz CT molecular complexity index is 223. The summed E-state index contributed by atoms with van der Waals surface area (Å²) < 4.78 is 5.20. The second kappa shape index (κ2) is 3.06. The zero-order valence-electron chi connectivity index (χ0n) is 7.79. The summed E-state index contributed by atoms with van der Waals surface area (Å²) in [6, 6.07) is 0. The minimum absolute atomic E-state index is 0.529. The van der Waals surface area contributed by atoms with Gasteiger partial charge in [-0.25, -0.2) is 0 Å². The molecular weight excluding hydrogens is 148 g/mol. The largest absolute Gasteiger partial charge is 0.373 e. The van der Waals surface area contributed by atoms with Gasteiger partial charge in [0.25, 0.3) is 0 Å². The Morgan fingerprint density at radius 1 is 1.42 bits per heavy atom. The van der Waals surface area contributed by atoms with E-state index in [1.165, 1.54) is 5.57 Å². The van der Waals surface area contributed by atoms with E-state index in [9.17, 15) is 0 Å². The predicted molar refractivity (Wildman–Crippen MR) is 49.9 cm³/mol. The number of rotatable bonds is 2. The van der Waals surface area contributed by atoms with Crippen LogP contribution < -0.4 is 0 Å². The van der Waals surface area contributed by atoms with E-state index >= 15 is 0 Å². The van der Waals surface area contributed by atoms with E-state index in [4.69, 9.17) is 4.74 Å². The Hall–Kier alpha value is -0.560. The summed E-state index contributed by atoms with van der Waals surface area (Å²) in [5, 5.41) is 0. The van der Waals surface area contributed by atoms with Crippen LogP contribution in [0.4, 0.5) is 0 Å². The van der Waals surface area contributed by atoms with Crippen molar-refractivity contribution < 1.29 is 4.74 Å². The van der Waals surface area contributed by atoms with Crippen molar-refractivity contribution in [2.45, 2.75) is 26.4 Å². The Balaban J connectivity index is 1.97. The van der Waals surface area contributed by atoms with E-state index in [-0.39, 0.29) is 0 Å². The minimum atomic E-state index is 0.529. The quantitative estimate of drug-likeness (QED) is 0.571. The smallest absolute Gasteiger partial charge is 0.0850 e. The fourth-order valence-electron chi connectivity index (χ4n) is 1.58. The summed E-state index contributed by atoms with van der Waals surface area (Å²) in [5.41, 5.74) is 1.46. The second-order valence-electron chi connectivity index (χ2n) is 3.98. The first-order valence-corrected chi connectivity index (χ1v) is 4.76. The summed E-state index contributed by atoms with van der Waals surface area (Å²) in [7, 11) is 0. The molecule has 2 aliphatic rings. The fraction of sp³-hybridized carbons (Fsp3) is 0.636. The van der Waals surface area contributed by atoms with Crippen LogP contribution in [0.2, 0.25) is 0 Å². The molecule has 0 bridgehead atoms. The summed E-state index contributed by atoms with van der Waals surface area (Å²) in [4.78, 5) is 0. The van der Waals surface area contributed by atoms with Crippen LogP contribution in [0.5, 0.6) is 0 Å². The van der Waals surface area contributed by atoms with Crippen LogP contribution in [-0.2, 0) is 4.74 Å². The third kappa shape index (κ3) is 1.78. The number of hydrogen-bond donors (Lipinski definition) is 0. The maximum atomic E-state index is 5.20. The number of ether oxygens (including phenoxy) is 1. The highest BCUT2D eigenvalue weighted by Crippen LogP contribution is 2.27. The van der Waals surface area contributed by atoms with E-state index < -0.39 is 0 Å². The Kier molecular flexibility index (Phi) is 2.05. The fourth-order valence-corrected chi connectivity index (χ4v) is 1.58. The van der Waals surface area contributed by atoms with Crippen LogP contribution in [0.3, 0.4) is 0 Å². The summed E-state index contributed by atoms with van der Waals surface area (Å²) in [6.45, 7) is 5.51. The van der Waals surface area contributed by atoms with Crippen LogP contribution >= 0.6 is 0 Å².